The number of carbonyl (C=O) groups is 1. The third-order valence-corrected chi connectivity index (χ3v) is 8.97. The van der Waals surface area contributed by atoms with Crippen LogP contribution in [0.5, 0.6) is 11.5 Å². The number of hydrogen-bond donors (Lipinski definition) is 0. The van der Waals surface area contributed by atoms with E-state index in [0.717, 1.165) is 11.1 Å². The van der Waals surface area contributed by atoms with Crippen LogP contribution >= 0.6 is 27.3 Å². The average Bonchev–Trinajstić information content (AvgIpc) is 3.30. The zero-order chi connectivity index (χ0) is 32.2. The lowest BCUT2D eigenvalue weighted by Crippen LogP contribution is -2.39. The summed E-state index contributed by atoms with van der Waals surface area (Å²) < 4.78 is 34.1. The van der Waals surface area contributed by atoms with Crippen LogP contribution < -0.4 is 24.4 Å². The summed E-state index contributed by atoms with van der Waals surface area (Å²) in [5.74, 6) is 0.362. The maximum atomic E-state index is 14.2. The van der Waals surface area contributed by atoms with Crippen molar-refractivity contribution in [2.45, 2.75) is 53.2 Å². The summed E-state index contributed by atoms with van der Waals surface area (Å²) >= 11 is 4.82. The van der Waals surface area contributed by atoms with Crippen molar-refractivity contribution < 1.29 is 23.4 Å². The zero-order valence-corrected chi connectivity index (χ0v) is 28.1. The van der Waals surface area contributed by atoms with Crippen molar-refractivity contribution in [2.24, 2.45) is 4.99 Å². The maximum Gasteiger partial charge on any atom is 0.338 e. The number of fused-ring (bicyclic) bond motifs is 1. The van der Waals surface area contributed by atoms with Gasteiger partial charge < -0.3 is 14.2 Å². The molecule has 1 aliphatic rings. The molecule has 0 saturated carbocycles. The number of carbonyl (C=O) groups excluding carboxylic acids is 1. The van der Waals surface area contributed by atoms with Gasteiger partial charge in [0.1, 0.15) is 12.4 Å². The monoisotopic (exact) mass is 692 g/mol. The predicted octanol–water partition coefficient (Wildman–Crippen LogP) is 6.80. The average molecular weight is 694 g/mol. The molecule has 0 radical (unpaired) electrons. The molecule has 3 aromatic carbocycles. The Balaban J connectivity index is 1.59. The molecule has 2 heterocycles. The molecule has 0 amide bonds. The Kier molecular flexibility index (Phi) is 10.0. The van der Waals surface area contributed by atoms with Gasteiger partial charge in [-0.3, -0.25) is 9.36 Å². The molecule has 234 valence electrons. The lowest BCUT2D eigenvalue weighted by atomic mass is 9.93. The fraction of sp³-hybridized carbons (Fsp3) is 0.286. The van der Waals surface area contributed by atoms with Gasteiger partial charge in [0.05, 0.1) is 39.5 Å². The fourth-order valence-electron chi connectivity index (χ4n) is 5.16. The second kappa shape index (κ2) is 14.0. The highest BCUT2D eigenvalue weighted by Crippen LogP contribution is 2.38. The van der Waals surface area contributed by atoms with E-state index in [1.54, 1.807) is 48.8 Å². The third kappa shape index (κ3) is 6.82. The highest BCUT2D eigenvalue weighted by Gasteiger charge is 2.33. The molecule has 7 nitrogen and oxygen atoms in total. The molecule has 0 fully saturated rings. The van der Waals surface area contributed by atoms with Crippen LogP contribution in [0.4, 0.5) is 4.39 Å². The summed E-state index contributed by atoms with van der Waals surface area (Å²) in [6, 6.07) is 17.3. The highest BCUT2D eigenvalue weighted by molar-refractivity contribution is 9.10. The van der Waals surface area contributed by atoms with Crippen LogP contribution in [-0.4, -0.2) is 23.8 Å². The molecule has 45 heavy (non-hydrogen) atoms. The number of hydrogen-bond acceptors (Lipinski definition) is 7. The molecule has 1 atom stereocenters. The van der Waals surface area contributed by atoms with Gasteiger partial charge in [-0.15, -0.1) is 0 Å². The number of benzene rings is 3. The van der Waals surface area contributed by atoms with Gasteiger partial charge >= 0.3 is 5.97 Å². The minimum atomic E-state index is -0.691. The van der Waals surface area contributed by atoms with Crippen LogP contribution in [0.1, 0.15) is 68.8 Å². The first-order chi connectivity index (χ1) is 21.6. The third-order valence-electron chi connectivity index (χ3n) is 7.40. The Hall–Kier alpha value is -4.02. The quantitative estimate of drug-likeness (QED) is 0.171. The number of rotatable bonds is 10. The van der Waals surface area contributed by atoms with Gasteiger partial charge in [-0.2, -0.15) is 0 Å². The molecular formula is C35H34BrFN2O5S. The minimum Gasteiger partial charge on any atom is -0.490 e. The summed E-state index contributed by atoms with van der Waals surface area (Å²) in [7, 11) is 0. The van der Waals surface area contributed by atoms with Gasteiger partial charge in [0.2, 0.25) is 0 Å². The number of thiazole rings is 1. The van der Waals surface area contributed by atoms with Crippen LogP contribution in [0, 0.1) is 5.82 Å². The molecule has 1 aromatic heterocycles. The summed E-state index contributed by atoms with van der Waals surface area (Å²) in [5.41, 5.74) is 3.63. The number of allylic oxidation sites excluding steroid dienone is 1. The first-order valence-corrected chi connectivity index (χ1v) is 16.4. The van der Waals surface area contributed by atoms with E-state index in [2.05, 4.69) is 34.8 Å². The Morgan fingerprint density at radius 2 is 1.82 bits per heavy atom. The van der Waals surface area contributed by atoms with Gasteiger partial charge in [0, 0.05) is 5.56 Å². The molecule has 5 rings (SSSR count). The molecule has 10 heteroatoms. The number of aromatic nitrogens is 1. The van der Waals surface area contributed by atoms with Crippen molar-refractivity contribution in [1.29, 1.82) is 0 Å². The molecule has 0 spiro atoms. The summed E-state index contributed by atoms with van der Waals surface area (Å²) in [6.07, 6.45) is 1.76. The van der Waals surface area contributed by atoms with Crippen LogP contribution in [0.2, 0.25) is 0 Å². The molecular weight excluding hydrogens is 659 g/mol. The van der Waals surface area contributed by atoms with Crippen molar-refractivity contribution in [3.8, 4) is 11.5 Å². The molecule has 0 unspecified atom stereocenters. The zero-order valence-electron chi connectivity index (χ0n) is 25.7. The lowest BCUT2D eigenvalue weighted by Gasteiger charge is -2.25. The van der Waals surface area contributed by atoms with E-state index in [4.69, 9.17) is 14.2 Å². The Morgan fingerprint density at radius 3 is 2.49 bits per heavy atom. The standard InChI is InChI=1S/C35H34BrFN2O5S/c1-6-42-28-17-22(16-26(36)32(28)44-19-25-10-8-9-11-27(25)37)18-29-33(40)39-31(24-14-12-23(13-15-24)20(3)4)30(34(41)43-7-2)21(5)38-35(39)45-29/h8-18,20,31H,6-7,19H2,1-5H3/b29-18+/t31-/m1/s1. The van der Waals surface area contributed by atoms with Crippen molar-refractivity contribution in [2.75, 3.05) is 13.2 Å². The lowest BCUT2D eigenvalue weighted by molar-refractivity contribution is -0.139. The Bertz CT molecular complexity index is 1950. The number of halogens is 2. The van der Waals surface area contributed by atoms with Crippen LogP contribution in [0.3, 0.4) is 0 Å². The Morgan fingerprint density at radius 1 is 1.09 bits per heavy atom. The largest absolute Gasteiger partial charge is 0.490 e. The van der Waals surface area contributed by atoms with E-state index in [9.17, 15) is 14.0 Å². The maximum absolute atomic E-state index is 14.2. The Labute approximate surface area is 273 Å². The smallest absolute Gasteiger partial charge is 0.338 e. The van der Waals surface area contributed by atoms with Gasteiger partial charge in [-0.1, -0.05) is 67.6 Å². The second-order valence-corrected chi connectivity index (χ2v) is 12.6. The van der Waals surface area contributed by atoms with Crippen molar-refractivity contribution in [1.82, 2.24) is 4.57 Å². The molecule has 0 aliphatic carbocycles. The molecule has 1 aliphatic heterocycles. The van der Waals surface area contributed by atoms with Crippen molar-refractivity contribution in [3.63, 3.8) is 0 Å². The normalized spacial score (nSPS) is 14.8. The summed E-state index contributed by atoms with van der Waals surface area (Å²) in [4.78, 5) is 32.4. The first kappa shape index (κ1) is 32.4. The van der Waals surface area contributed by atoms with E-state index in [1.165, 1.54) is 17.4 Å². The molecule has 0 saturated heterocycles. The first-order valence-electron chi connectivity index (χ1n) is 14.7. The number of nitrogens with zero attached hydrogens (tertiary/aromatic N) is 2. The van der Waals surface area contributed by atoms with E-state index < -0.39 is 12.0 Å². The van der Waals surface area contributed by atoms with Crippen LogP contribution in [0.25, 0.3) is 6.08 Å². The summed E-state index contributed by atoms with van der Waals surface area (Å²) in [6.45, 7) is 10.2. The van der Waals surface area contributed by atoms with Gasteiger partial charge in [0.15, 0.2) is 16.3 Å². The number of ether oxygens (including phenoxy) is 3. The fourth-order valence-corrected chi connectivity index (χ4v) is 6.78. The van der Waals surface area contributed by atoms with E-state index >= 15 is 0 Å². The molecule has 0 N–H and O–H groups in total. The van der Waals surface area contributed by atoms with Gasteiger partial charge in [-0.25, -0.2) is 14.2 Å². The van der Waals surface area contributed by atoms with Crippen LogP contribution in [0.15, 0.2) is 86.2 Å². The topological polar surface area (TPSA) is 79.1 Å². The van der Waals surface area contributed by atoms with Crippen molar-refractivity contribution in [3.05, 3.63) is 124 Å². The SMILES string of the molecule is CCOC(=O)C1=C(C)N=c2s/c(=C/c3cc(Br)c(OCc4ccccc4F)c(OCC)c3)c(=O)n2[C@@H]1c1ccc(C(C)C)cc1. The predicted molar refractivity (Wildman–Crippen MR) is 177 cm³/mol. The van der Waals surface area contributed by atoms with Gasteiger partial charge in [-0.05, 0) is 83.6 Å². The van der Waals surface area contributed by atoms with Gasteiger partial charge in [0.25, 0.3) is 5.56 Å². The minimum absolute atomic E-state index is 0.0175. The molecule has 4 aromatic rings. The summed E-state index contributed by atoms with van der Waals surface area (Å²) in [5, 5.41) is 0. The van der Waals surface area contributed by atoms with Crippen molar-refractivity contribution >= 4 is 39.3 Å². The second-order valence-electron chi connectivity index (χ2n) is 10.8. The van der Waals surface area contributed by atoms with E-state index in [-0.39, 0.29) is 24.6 Å². The van der Waals surface area contributed by atoms with E-state index in [1.807, 2.05) is 37.3 Å². The number of esters is 1. The molecule has 0 bridgehead atoms. The van der Waals surface area contributed by atoms with Crippen LogP contribution in [-0.2, 0) is 16.1 Å². The van der Waals surface area contributed by atoms with E-state index in [0.29, 0.717) is 60.2 Å². The highest BCUT2D eigenvalue weighted by atomic mass is 79.9.